The molecule has 5 nitrogen and oxygen atoms in total. The molecule has 0 radical (unpaired) electrons. The van der Waals surface area contributed by atoms with E-state index in [0.29, 0.717) is 22.1 Å². The van der Waals surface area contributed by atoms with E-state index in [0.717, 1.165) is 79.3 Å². The van der Waals surface area contributed by atoms with Crippen LogP contribution in [0.4, 0.5) is 4.39 Å². The van der Waals surface area contributed by atoms with E-state index in [1.54, 1.807) is 6.07 Å². The van der Waals surface area contributed by atoms with E-state index >= 15 is 0 Å². The Morgan fingerprint density at radius 1 is 1.12 bits per heavy atom. The molecule has 1 fully saturated rings. The maximum Gasteiger partial charge on any atom is 0.336 e. The van der Waals surface area contributed by atoms with Crippen LogP contribution in [0.5, 0.6) is 0 Å². The summed E-state index contributed by atoms with van der Waals surface area (Å²) in [6, 6.07) is 10.2. The average Bonchev–Trinajstić information content (AvgIpc) is 3.22. The van der Waals surface area contributed by atoms with Crippen LogP contribution in [0.15, 0.2) is 50.1 Å². The number of rotatable bonds is 6. The standard InChI is InChI=1S/C26H26ClFN2O3/c1-16-14-23(31)32-26-20(16)7-5-17(24(26)27)4-2-3-11-30-12-9-18(10-13-30)25-21-8-6-19(28)15-22(21)33-29-25/h5-8,14-15,18H,2-4,9-13H2,1H3. The summed E-state index contributed by atoms with van der Waals surface area (Å²) < 4.78 is 24.1. The summed E-state index contributed by atoms with van der Waals surface area (Å²) >= 11 is 6.55. The SMILES string of the molecule is Cc1cc(=O)oc2c(Cl)c(CCCCN3CCC(c4noc5cc(F)ccc45)CC3)ccc12. The van der Waals surface area contributed by atoms with Crippen LogP contribution in [-0.4, -0.2) is 29.7 Å². The lowest BCUT2D eigenvalue weighted by Gasteiger charge is -2.31. The first-order chi connectivity index (χ1) is 16.0. The van der Waals surface area contributed by atoms with Gasteiger partial charge < -0.3 is 13.8 Å². The molecule has 2 aromatic carbocycles. The minimum Gasteiger partial charge on any atom is -0.421 e. The monoisotopic (exact) mass is 468 g/mol. The van der Waals surface area contributed by atoms with Gasteiger partial charge in [0.1, 0.15) is 5.82 Å². The number of fused-ring (bicyclic) bond motifs is 2. The van der Waals surface area contributed by atoms with E-state index < -0.39 is 0 Å². The van der Waals surface area contributed by atoms with Crippen molar-refractivity contribution in [2.75, 3.05) is 19.6 Å². The first kappa shape index (κ1) is 22.1. The Kier molecular flexibility index (Phi) is 6.21. The highest BCUT2D eigenvalue weighted by Gasteiger charge is 2.25. The van der Waals surface area contributed by atoms with E-state index in [9.17, 15) is 9.18 Å². The van der Waals surface area contributed by atoms with Gasteiger partial charge in [0.25, 0.3) is 0 Å². The Morgan fingerprint density at radius 2 is 1.91 bits per heavy atom. The maximum atomic E-state index is 13.4. The predicted octanol–water partition coefficient (Wildman–Crippen LogP) is 6.24. The number of halogens is 2. The van der Waals surface area contributed by atoms with Crippen LogP contribution < -0.4 is 5.63 Å². The van der Waals surface area contributed by atoms with Crippen LogP contribution in [0.1, 0.15) is 48.4 Å². The summed E-state index contributed by atoms with van der Waals surface area (Å²) in [5, 5.41) is 6.59. The van der Waals surface area contributed by atoms with Crippen molar-refractivity contribution < 1.29 is 13.3 Å². The van der Waals surface area contributed by atoms with Crippen molar-refractivity contribution in [3.8, 4) is 0 Å². The zero-order valence-electron chi connectivity index (χ0n) is 18.6. The molecule has 33 heavy (non-hydrogen) atoms. The predicted molar refractivity (Wildman–Crippen MR) is 128 cm³/mol. The van der Waals surface area contributed by atoms with Gasteiger partial charge in [0.05, 0.1) is 10.7 Å². The van der Waals surface area contributed by atoms with Crippen molar-refractivity contribution in [1.29, 1.82) is 0 Å². The molecule has 0 spiro atoms. The zero-order valence-corrected chi connectivity index (χ0v) is 19.3. The highest BCUT2D eigenvalue weighted by atomic mass is 35.5. The number of aryl methyl sites for hydroxylation is 2. The fourth-order valence-electron chi connectivity index (χ4n) is 4.89. The van der Waals surface area contributed by atoms with Gasteiger partial charge in [-0.3, -0.25) is 0 Å². The minimum atomic E-state index is -0.367. The van der Waals surface area contributed by atoms with Crippen molar-refractivity contribution in [1.82, 2.24) is 10.1 Å². The molecule has 172 valence electrons. The van der Waals surface area contributed by atoms with Crippen LogP contribution in [0.25, 0.3) is 21.9 Å². The first-order valence-electron chi connectivity index (χ1n) is 11.5. The van der Waals surface area contributed by atoms with Gasteiger partial charge in [0, 0.05) is 28.8 Å². The van der Waals surface area contributed by atoms with Gasteiger partial charge in [-0.25, -0.2) is 9.18 Å². The molecule has 1 saturated heterocycles. The van der Waals surface area contributed by atoms with Crippen molar-refractivity contribution in [3.05, 3.63) is 74.5 Å². The lowest BCUT2D eigenvalue weighted by atomic mass is 9.91. The van der Waals surface area contributed by atoms with E-state index in [1.807, 2.05) is 19.1 Å². The highest BCUT2D eigenvalue weighted by Crippen LogP contribution is 2.33. The molecule has 3 heterocycles. The Labute approximate surface area is 196 Å². The van der Waals surface area contributed by atoms with Crippen LogP contribution in [0.3, 0.4) is 0 Å². The fourth-order valence-corrected chi connectivity index (χ4v) is 5.19. The molecule has 1 aliphatic rings. The lowest BCUT2D eigenvalue weighted by Crippen LogP contribution is -2.33. The van der Waals surface area contributed by atoms with Gasteiger partial charge in [-0.05, 0) is 81.9 Å². The summed E-state index contributed by atoms with van der Waals surface area (Å²) in [6.07, 6.45) is 4.98. The molecule has 0 unspecified atom stereocenters. The van der Waals surface area contributed by atoms with Gasteiger partial charge in [0.15, 0.2) is 11.2 Å². The third-order valence-corrected chi connectivity index (χ3v) is 7.16. The topological polar surface area (TPSA) is 59.5 Å². The lowest BCUT2D eigenvalue weighted by molar-refractivity contribution is 0.206. The quantitative estimate of drug-likeness (QED) is 0.248. The van der Waals surface area contributed by atoms with Crippen molar-refractivity contribution >= 4 is 33.5 Å². The second-order valence-corrected chi connectivity index (χ2v) is 9.32. The number of hydrogen-bond donors (Lipinski definition) is 0. The number of aromatic nitrogens is 1. The Hall–Kier alpha value is -2.70. The summed E-state index contributed by atoms with van der Waals surface area (Å²) in [5.74, 6) is 0.0483. The number of piperidine rings is 1. The van der Waals surface area contributed by atoms with Gasteiger partial charge >= 0.3 is 5.63 Å². The Balaban J connectivity index is 1.13. The molecular weight excluding hydrogens is 443 g/mol. The molecule has 5 rings (SSSR count). The molecular formula is C26H26ClFN2O3. The van der Waals surface area contributed by atoms with E-state index in [4.69, 9.17) is 20.5 Å². The van der Waals surface area contributed by atoms with Gasteiger partial charge in [-0.15, -0.1) is 0 Å². The second-order valence-electron chi connectivity index (χ2n) is 8.95. The summed E-state index contributed by atoms with van der Waals surface area (Å²) in [4.78, 5) is 14.2. The molecule has 1 aliphatic heterocycles. The van der Waals surface area contributed by atoms with Crippen LogP contribution in [0, 0.1) is 12.7 Å². The summed E-state index contributed by atoms with van der Waals surface area (Å²) in [5.41, 5.74) is 3.50. The van der Waals surface area contributed by atoms with E-state index in [2.05, 4.69) is 10.1 Å². The summed E-state index contributed by atoms with van der Waals surface area (Å²) in [7, 11) is 0. The largest absolute Gasteiger partial charge is 0.421 e. The normalized spacial score (nSPS) is 15.6. The molecule has 0 bridgehead atoms. The Bertz CT molecular complexity index is 1360. The molecule has 0 N–H and O–H groups in total. The van der Waals surface area contributed by atoms with E-state index in [-0.39, 0.29) is 11.4 Å². The smallest absolute Gasteiger partial charge is 0.336 e. The van der Waals surface area contributed by atoms with Crippen molar-refractivity contribution in [2.24, 2.45) is 0 Å². The molecule has 2 aromatic heterocycles. The van der Waals surface area contributed by atoms with Gasteiger partial charge in [-0.2, -0.15) is 0 Å². The molecule has 7 heteroatoms. The zero-order chi connectivity index (χ0) is 22.9. The molecule has 0 saturated carbocycles. The number of hydrogen-bond acceptors (Lipinski definition) is 5. The highest BCUT2D eigenvalue weighted by molar-refractivity contribution is 6.35. The van der Waals surface area contributed by atoms with Crippen LogP contribution >= 0.6 is 11.6 Å². The number of benzene rings is 2. The van der Waals surface area contributed by atoms with Crippen LogP contribution in [0.2, 0.25) is 5.02 Å². The molecule has 0 aliphatic carbocycles. The first-order valence-corrected chi connectivity index (χ1v) is 11.9. The maximum absolute atomic E-state index is 13.4. The molecule has 0 atom stereocenters. The number of likely N-dealkylation sites (tertiary alicyclic amines) is 1. The number of unbranched alkanes of at least 4 members (excludes halogenated alkanes) is 1. The summed E-state index contributed by atoms with van der Waals surface area (Å²) in [6.45, 7) is 4.96. The van der Waals surface area contributed by atoms with Crippen molar-refractivity contribution in [2.45, 2.75) is 44.9 Å². The third-order valence-electron chi connectivity index (χ3n) is 6.75. The second kappa shape index (κ2) is 9.27. The third kappa shape index (κ3) is 4.55. The fraction of sp³-hybridized carbons (Fsp3) is 0.385. The molecule has 0 amide bonds. The Morgan fingerprint density at radius 3 is 2.73 bits per heavy atom. The van der Waals surface area contributed by atoms with Gasteiger partial charge in [0.2, 0.25) is 0 Å². The molecule has 4 aromatic rings. The van der Waals surface area contributed by atoms with Crippen molar-refractivity contribution in [3.63, 3.8) is 0 Å². The minimum absolute atomic E-state index is 0.301. The number of nitrogens with zero attached hydrogens (tertiary/aromatic N) is 2. The average molecular weight is 469 g/mol. The van der Waals surface area contributed by atoms with Crippen LogP contribution in [-0.2, 0) is 6.42 Å². The van der Waals surface area contributed by atoms with E-state index in [1.165, 1.54) is 18.2 Å². The van der Waals surface area contributed by atoms with Gasteiger partial charge in [-0.1, -0.05) is 28.9 Å².